The number of thiophene rings is 1. The number of imidazole rings is 1. The van der Waals surface area contributed by atoms with Crippen LogP contribution in [0.4, 0.5) is 9.18 Å². The molecule has 1 aliphatic heterocycles. The number of halogens is 1. The number of amides is 1. The van der Waals surface area contributed by atoms with Gasteiger partial charge in [0.1, 0.15) is 10.3 Å². The zero-order chi connectivity index (χ0) is 25.1. The summed E-state index contributed by atoms with van der Waals surface area (Å²) in [7, 11) is 0. The van der Waals surface area contributed by atoms with E-state index in [0.717, 1.165) is 0 Å². The average molecular weight is 500 g/mol. The molecule has 35 heavy (non-hydrogen) atoms. The van der Waals surface area contributed by atoms with Crippen LogP contribution in [-0.2, 0) is 4.74 Å². The molecule has 11 heteroatoms. The van der Waals surface area contributed by atoms with Crippen LogP contribution in [0.15, 0.2) is 35.6 Å². The standard InChI is InChI=1S/C24H26FN5O4S/c1-13-9-29-10-14(7-15(25)21(29)27-13)19-8-16-20(35-19)22(32)30(12-26-16)17-11-28(6-5-18(17)31)23(33)34-24(2,3)4/h7-10,12,17-18,31H,5-6,11H2,1-4H3/t17-,18-/m1/s1. The second kappa shape index (κ2) is 8.42. The van der Waals surface area contributed by atoms with Crippen molar-refractivity contribution in [3.63, 3.8) is 0 Å². The fourth-order valence-electron chi connectivity index (χ4n) is 4.30. The number of ether oxygens (including phenoxy) is 1. The van der Waals surface area contributed by atoms with E-state index in [-0.39, 0.29) is 17.8 Å². The number of pyridine rings is 1. The molecule has 1 amide bonds. The Hall–Kier alpha value is -3.31. The molecule has 1 N–H and O–H groups in total. The Morgan fingerprint density at radius 2 is 2.06 bits per heavy atom. The number of hydrogen-bond acceptors (Lipinski definition) is 7. The van der Waals surface area contributed by atoms with E-state index in [1.165, 1.54) is 33.2 Å². The molecule has 0 radical (unpaired) electrons. The van der Waals surface area contributed by atoms with E-state index < -0.39 is 29.7 Å². The fourth-order valence-corrected chi connectivity index (χ4v) is 5.33. The number of aromatic nitrogens is 4. The van der Waals surface area contributed by atoms with Crippen LogP contribution in [0, 0.1) is 12.7 Å². The number of fused-ring (bicyclic) bond motifs is 2. The van der Waals surface area contributed by atoms with Gasteiger partial charge in [0.15, 0.2) is 11.5 Å². The van der Waals surface area contributed by atoms with E-state index in [9.17, 15) is 19.1 Å². The number of rotatable bonds is 2. The quantitative estimate of drug-likeness (QED) is 0.451. The van der Waals surface area contributed by atoms with Crippen LogP contribution >= 0.6 is 11.3 Å². The van der Waals surface area contributed by atoms with Crippen LogP contribution in [0.2, 0.25) is 0 Å². The van der Waals surface area contributed by atoms with E-state index in [2.05, 4.69) is 9.97 Å². The molecule has 4 aromatic heterocycles. The molecular weight excluding hydrogens is 473 g/mol. The lowest BCUT2D eigenvalue weighted by Gasteiger charge is -2.37. The van der Waals surface area contributed by atoms with Crippen molar-refractivity contribution in [2.24, 2.45) is 0 Å². The second-order valence-electron chi connectivity index (χ2n) is 9.82. The lowest BCUT2D eigenvalue weighted by molar-refractivity contribution is -0.00609. The van der Waals surface area contributed by atoms with Crippen LogP contribution in [0.1, 0.15) is 38.9 Å². The van der Waals surface area contributed by atoms with E-state index in [0.29, 0.717) is 39.3 Å². The molecule has 1 fully saturated rings. The molecule has 2 atom stereocenters. The molecule has 0 bridgehead atoms. The van der Waals surface area contributed by atoms with E-state index in [1.807, 2.05) is 0 Å². The van der Waals surface area contributed by atoms with Crippen LogP contribution in [0.3, 0.4) is 0 Å². The minimum absolute atomic E-state index is 0.128. The predicted molar refractivity (Wildman–Crippen MR) is 130 cm³/mol. The van der Waals surface area contributed by atoms with E-state index >= 15 is 0 Å². The smallest absolute Gasteiger partial charge is 0.410 e. The number of nitrogens with zero attached hydrogens (tertiary/aromatic N) is 5. The molecule has 1 saturated heterocycles. The maximum absolute atomic E-state index is 14.6. The molecule has 1 aliphatic rings. The van der Waals surface area contributed by atoms with Gasteiger partial charge in [-0.2, -0.15) is 0 Å². The van der Waals surface area contributed by atoms with Crippen molar-refractivity contribution in [1.29, 1.82) is 0 Å². The van der Waals surface area contributed by atoms with E-state index in [4.69, 9.17) is 4.74 Å². The van der Waals surface area contributed by atoms with Gasteiger partial charge in [0, 0.05) is 35.9 Å². The van der Waals surface area contributed by atoms with Crippen LogP contribution in [0.25, 0.3) is 26.3 Å². The summed E-state index contributed by atoms with van der Waals surface area (Å²) < 4.78 is 23.5. The molecule has 9 nitrogen and oxygen atoms in total. The SMILES string of the molecule is Cc1cn2cc(-c3cc4ncn([C@@H]5CN(C(=O)OC(C)(C)C)CC[C@H]5O)c(=O)c4s3)cc(F)c2n1. The molecule has 5 rings (SSSR count). The third-order valence-electron chi connectivity index (χ3n) is 5.93. The first kappa shape index (κ1) is 23.4. The lowest BCUT2D eigenvalue weighted by Crippen LogP contribution is -2.50. The van der Waals surface area contributed by atoms with Gasteiger partial charge < -0.3 is 19.1 Å². The normalized spacial score (nSPS) is 19.0. The molecule has 184 valence electrons. The fraction of sp³-hybridized carbons (Fsp3) is 0.417. The summed E-state index contributed by atoms with van der Waals surface area (Å²) in [5.41, 5.74) is 1.08. The number of hydrogen-bond donors (Lipinski definition) is 1. The van der Waals surface area contributed by atoms with Crippen molar-refractivity contribution in [2.75, 3.05) is 13.1 Å². The number of carbonyl (C=O) groups is 1. The maximum Gasteiger partial charge on any atom is 0.410 e. The van der Waals surface area contributed by atoms with E-state index in [1.54, 1.807) is 50.6 Å². The van der Waals surface area contributed by atoms with Crippen molar-refractivity contribution < 1.29 is 19.0 Å². The summed E-state index contributed by atoms with van der Waals surface area (Å²) in [5, 5.41) is 10.7. The molecule has 0 aliphatic carbocycles. The van der Waals surface area contributed by atoms with Gasteiger partial charge in [0.25, 0.3) is 5.56 Å². The highest BCUT2D eigenvalue weighted by molar-refractivity contribution is 7.22. The van der Waals surface area contributed by atoms with Gasteiger partial charge in [-0.15, -0.1) is 11.3 Å². The number of piperidine rings is 1. The third kappa shape index (κ3) is 4.41. The second-order valence-corrected chi connectivity index (χ2v) is 10.9. The highest BCUT2D eigenvalue weighted by Gasteiger charge is 2.34. The van der Waals surface area contributed by atoms with Gasteiger partial charge in [-0.3, -0.25) is 9.36 Å². The minimum Gasteiger partial charge on any atom is -0.444 e. The van der Waals surface area contributed by atoms with Crippen molar-refractivity contribution in [2.45, 2.75) is 51.9 Å². The van der Waals surface area contributed by atoms with Gasteiger partial charge in [0.05, 0.1) is 29.7 Å². The summed E-state index contributed by atoms with van der Waals surface area (Å²) in [4.78, 5) is 36.8. The first-order valence-corrected chi connectivity index (χ1v) is 12.1. The Morgan fingerprint density at radius 1 is 1.29 bits per heavy atom. The van der Waals surface area contributed by atoms with Gasteiger partial charge in [-0.25, -0.2) is 19.2 Å². The Bertz CT molecular complexity index is 1500. The molecule has 0 aromatic carbocycles. The minimum atomic E-state index is -0.814. The third-order valence-corrected chi connectivity index (χ3v) is 7.09. The predicted octanol–water partition coefficient (Wildman–Crippen LogP) is 3.76. The number of carbonyl (C=O) groups excluding carboxylic acids is 1. The van der Waals surface area contributed by atoms with Crippen molar-refractivity contribution in [3.05, 3.63) is 52.7 Å². The molecule has 0 unspecified atom stereocenters. The zero-order valence-electron chi connectivity index (χ0n) is 19.9. The molecule has 4 aromatic rings. The number of aliphatic hydroxyl groups excluding tert-OH is 1. The number of aryl methyl sites for hydroxylation is 1. The van der Waals surface area contributed by atoms with Crippen LogP contribution in [-0.4, -0.2) is 59.8 Å². The topological polar surface area (TPSA) is 102 Å². The first-order chi connectivity index (χ1) is 16.5. The van der Waals surface area contributed by atoms with Crippen molar-refractivity contribution >= 4 is 33.3 Å². The Morgan fingerprint density at radius 3 is 2.80 bits per heavy atom. The summed E-state index contributed by atoms with van der Waals surface area (Å²) >= 11 is 1.21. The Kier molecular flexibility index (Phi) is 5.64. The van der Waals surface area contributed by atoms with Crippen LogP contribution < -0.4 is 5.56 Å². The number of likely N-dealkylation sites (tertiary alicyclic amines) is 1. The summed E-state index contributed by atoms with van der Waals surface area (Å²) in [6.07, 6.45) is 3.92. The monoisotopic (exact) mass is 499 g/mol. The van der Waals surface area contributed by atoms with Gasteiger partial charge in [0.2, 0.25) is 0 Å². The maximum atomic E-state index is 14.6. The molecule has 5 heterocycles. The Labute approximate surface area is 204 Å². The molecule has 0 spiro atoms. The lowest BCUT2D eigenvalue weighted by atomic mass is 10.0. The van der Waals surface area contributed by atoms with Crippen molar-refractivity contribution in [1.82, 2.24) is 23.8 Å². The molecule has 0 saturated carbocycles. The van der Waals surface area contributed by atoms with Crippen LogP contribution in [0.5, 0.6) is 0 Å². The van der Waals surface area contributed by atoms with Crippen molar-refractivity contribution in [3.8, 4) is 10.4 Å². The summed E-state index contributed by atoms with van der Waals surface area (Å²) in [6.45, 7) is 7.62. The highest BCUT2D eigenvalue weighted by atomic mass is 32.1. The average Bonchev–Trinajstić information content (AvgIpc) is 3.37. The zero-order valence-corrected chi connectivity index (χ0v) is 20.7. The largest absolute Gasteiger partial charge is 0.444 e. The highest BCUT2D eigenvalue weighted by Crippen LogP contribution is 2.32. The van der Waals surface area contributed by atoms with Gasteiger partial charge in [-0.05, 0) is 46.2 Å². The summed E-state index contributed by atoms with van der Waals surface area (Å²) in [6, 6.07) is 2.49. The van der Waals surface area contributed by atoms with Gasteiger partial charge in [-0.1, -0.05) is 0 Å². The first-order valence-electron chi connectivity index (χ1n) is 11.3. The summed E-state index contributed by atoms with van der Waals surface area (Å²) in [5.74, 6) is -0.453. The molecular formula is C24H26FN5O4S. The number of aliphatic hydroxyl groups is 1. The Balaban J connectivity index is 1.49. The van der Waals surface area contributed by atoms with Gasteiger partial charge >= 0.3 is 6.09 Å².